The van der Waals surface area contributed by atoms with Gasteiger partial charge in [-0.3, -0.25) is 0 Å². The van der Waals surface area contributed by atoms with Crippen molar-refractivity contribution in [2.45, 2.75) is 31.3 Å². The minimum Gasteiger partial charge on any atom is -0.496 e. The van der Waals surface area contributed by atoms with Crippen molar-refractivity contribution in [3.05, 3.63) is 23.8 Å². The molecule has 1 fully saturated rings. The van der Waals surface area contributed by atoms with E-state index in [0.717, 1.165) is 50.3 Å². The quantitative estimate of drug-likeness (QED) is 0.806. The Bertz CT molecular complexity index is 411. The van der Waals surface area contributed by atoms with Crippen molar-refractivity contribution in [2.24, 2.45) is 0 Å². The van der Waals surface area contributed by atoms with Gasteiger partial charge in [0.05, 0.1) is 7.11 Å². The van der Waals surface area contributed by atoms with Crippen LogP contribution in [0.5, 0.6) is 11.5 Å². The molecule has 1 aromatic rings. The first kappa shape index (κ1) is 10.9. The fourth-order valence-corrected chi connectivity index (χ4v) is 2.95. The number of nitrogens with one attached hydrogen (secondary N) is 1. The van der Waals surface area contributed by atoms with Crippen molar-refractivity contribution in [1.82, 2.24) is 5.32 Å². The predicted octanol–water partition coefficient (Wildman–Crippen LogP) is 2.14. The molecule has 0 saturated carbocycles. The lowest BCUT2D eigenvalue weighted by Gasteiger charge is -2.41. The molecular weight excluding hydrogens is 214 g/mol. The molecule has 17 heavy (non-hydrogen) atoms. The first-order chi connectivity index (χ1) is 8.33. The topological polar surface area (TPSA) is 30.5 Å². The molecule has 1 spiro atoms. The summed E-state index contributed by atoms with van der Waals surface area (Å²) in [5.41, 5.74) is 1.31. The number of benzene rings is 1. The molecule has 2 aliphatic rings. The highest BCUT2D eigenvalue weighted by atomic mass is 16.5. The minimum atomic E-state index is 0.0740. The van der Waals surface area contributed by atoms with Crippen LogP contribution >= 0.6 is 0 Å². The van der Waals surface area contributed by atoms with Gasteiger partial charge in [0.1, 0.15) is 17.1 Å². The first-order valence-electron chi connectivity index (χ1n) is 6.39. The summed E-state index contributed by atoms with van der Waals surface area (Å²) in [6.07, 6.45) is 4.41. The van der Waals surface area contributed by atoms with Crippen molar-refractivity contribution >= 4 is 0 Å². The number of fused-ring (bicyclic) bond motifs is 1. The molecular formula is C14H19NO2. The van der Waals surface area contributed by atoms with Crippen LogP contribution in [0.25, 0.3) is 0 Å². The Kier molecular flexibility index (Phi) is 2.71. The van der Waals surface area contributed by atoms with Crippen LogP contribution in [-0.2, 0) is 6.42 Å². The summed E-state index contributed by atoms with van der Waals surface area (Å²) < 4.78 is 11.7. The molecule has 2 aliphatic heterocycles. The summed E-state index contributed by atoms with van der Waals surface area (Å²) >= 11 is 0. The maximum Gasteiger partial charge on any atom is 0.127 e. The molecule has 0 radical (unpaired) electrons. The minimum absolute atomic E-state index is 0.0740. The molecule has 0 aliphatic carbocycles. The van der Waals surface area contributed by atoms with E-state index in [1.54, 1.807) is 7.11 Å². The van der Waals surface area contributed by atoms with Crippen LogP contribution in [0.4, 0.5) is 0 Å². The van der Waals surface area contributed by atoms with E-state index in [0.29, 0.717) is 0 Å². The molecule has 3 nitrogen and oxygen atoms in total. The van der Waals surface area contributed by atoms with Crippen molar-refractivity contribution in [1.29, 1.82) is 0 Å². The van der Waals surface area contributed by atoms with Gasteiger partial charge in [0.15, 0.2) is 0 Å². The molecule has 0 bridgehead atoms. The number of rotatable bonds is 1. The van der Waals surface area contributed by atoms with E-state index in [9.17, 15) is 0 Å². The fraction of sp³-hybridized carbons (Fsp3) is 0.571. The van der Waals surface area contributed by atoms with Gasteiger partial charge in [0.25, 0.3) is 0 Å². The van der Waals surface area contributed by atoms with Gasteiger partial charge in [-0.05, 0) is 50.9 Å². The molecule has 3 heteroatoms. The van der Waals surface area contributed by atoms with Crippen LogP contribution in [0.1, 0.15) is 24.8 Å². The number of hydrogen-bond donors (Lipinski definition) is 1. The second-order valence-electron chi connectivity index (χ2n) is 4.97. The lowest BCUT2D eigenvalue weighted by Crippen LogP contribution is -2.48. The Labute approximate surface area is 102 Å². The SMILES string of the molecule is COc1cccc2c1CCC1(CCNCC1)O2. The molecule has 0 unspecified atom stereocenters. The lowest BCUT2D eigenvalue weighted by atomic mass is 9.83. The average Bonchev–Trinajstić information content (AvgIpc) is 2.38. The van der Waals surface area contributed by atoms with Crippen molar-refractivity contribution in [3.8, 4) is 11.5 Å². The highest BCUT2D eigenvalue weighted by molar-refractivity contribution is 5.46. The van der Waals surface area contributed by atoms with E-state index >= 15 is 0 Å². The van der Waals surface area contributed by atoms with Gasteiger partial charge in [-0.15, -0.1) is 0 Å². The van der Waals surface area contributed by atoms with E-state index in [4.69, 9.17) is 9.47 Å². The average molecular weight is 233 g/mol. The van der Waals surface area contributed by atoms with E-state index < -0.39 is 0 Å². The van der Waals surface area contributed by atoms with Gasteiger partial charge < -0.3 is 14.8 Å². The zero-order valence-corrected chi connectivity index (χ0v) is 10.3. The van der Waals surface area contributed by atoms with E-state index in [1.807, 2.05) is 12.1 Å². The Hall–Kier alpha value is -1.22. The maximum absolute atomic E-state index is 6.28. The van der Waals surface area contributed by atoms with Crippen LogP contribution < -0.4 is 14.8 Å². The highest BCUT2D eigenvalue weighted by Crippen LogP contribution is 2.41. The summed E-state index contributed by atoms with van der Waals surface area (Å²) in [5.74, 6) is 1.99. The summed E-state index contributed by atoms with van der Waals surface area (Å²) in [5, 5.41) is 3.40. The Morgan fingerprint density at radius 1 is 1.24 bits per heavy atom. The van der Waals surface area contributed by atoms with Crippen LogP contribution in [0.2, 0.25) is 0 Å². The Morgan fingerprint density at radius 3 is 2.82 bits per heavy atom. The zero-order chi connectivity index (χ0) is 11.7. The van der Waals surface area contributed by atoms with Gasteiger partial charge in [-0.1, -0.05) is 6.07 Å². The smallest absolute Gasteiger partial charge is 0.127 e. The van der Waals surface area contributed by atoms with Gasteiger partial charge in [0, 0.05) is 5.56 Å². The third-order valence-electron chi connectivity index (χ3n) is 3.98. The van der Waals surface area contributed by atoms with Gasteiger partial charge in [-0.25, -0.2) is 0 Å². The van der Waals surface area contributed by atoms with Gasteiger partial charge >= 0.3 is 0 Å². The van der Waals surface area contributed by atoms with Crippen LogP contribution in [0.15, 0.2) is 18.2 Å². The van der Waals surface area contributed by atoms with Crippen LogP contribution in [-0.4, -0.2) is 25.8 Å². The lowest BCUT2D eigenvalue weighted by molar-refractivity contribution is 0.0164. The molecule has 92 valence electrons. The van der Waals surface area contributed by atoms with E-state index in [2.05, 4.69) is 11.4 Å². The molecule has 1 saturated heterocycles. The monoisotopic (exact) mass is 233 g/mol. The third kappa shape index (κ3) is 1.89. The first-order valence-corrected chi connectivity index (χ1v) is 6.39. The highest BCUT2D eigenvalue weighted by Gasteiger charge is 2.38. The Balaban J connectivity index is 1.90. The van der Waals surface area contributed by atoms with Crippen molar-refractivity contribution in [2.75, 3.05) is 20.2 Å². The molecule has 0 aromatic heterocycles. The number of hydrogen-bond acceptors (Lipinski definition) is 3. The van der Waals surface area contributed by atoms with Crippen LogP contribution in [0.3, 0.4) is 0 Å². The second kappa shape index (κ2) is 4.22. The molecule has 3 rings (SSSR count). The van der Waals surface area contributed by atoms with E-state index in [-0.39, 0.29) is 5.60 Å². The molecule has 2 heterocycles. The van der Waals surface area contributed by atoms with E-state index in [1.165, 1.54) is 5.56 Å². The maximum atomic E-state index is 6.28. The van der Waals surface area contributed by atoms with Crippen LogP contribution in [0, 0.1) is 0 Å². The van der Waals surface area contributed by atoms with Crippen molar-refractivity contribution < 1.29 is 9.47 Å². The van der Waals surface area contributed by atoms with Crippen molar-refractivity contribution in [3.63, 3.8) is 0 Å². The Morgan fingerprint density at radius 2 is 2.06 bits per heavy atom. The normalized spacial score (nSPS) is 21.7. The fourth-order valence-electron chi connectivity index (χ4n) is 2.95. The molecule has 0 amide bonds. The number of piperidine rings is 1. The number of methoxy groups -OCH3 is 1. The second-order valence-corrected chi connectivity index (χ2v) is 4.97. The molecule has 0 atom stereocenters. The molecule has 1 aromatic carbocycles. The summed E-state index contributed by atoms with van der Waals surface area (Å²) in [6, 6.07) is 6.10. The van der Waals surface area contributed by atoms with Gasteiger partial charge in [0.2, 0.25) is 0 Å². The standard InChI is InChI=1S/C14H19NO2/c1-16-12-3-2-4-13-11(12)5-6-14(17-13)7-9-15-10-8-14/h2-4,15H,5-10H2,1H3. The summed E-state index contributed by atoms with van der Waals surface area (Å²) in [4.78, 5) is 0. The predicted molar refractivity (Wildman–Crippen MR) is 66.8 cm³/mol. The largest absolute Gasteiger partial charge is 0.496 e. The molecule has 1 N–H and O–H groups in total. The zero-order valence-electron chi connectivity index (χ0n) is 10.3. The number of ether oxygens (including phenoxy) is 2. The van der Waals surface area contributed by atoms with Gasteiger partial charge in [-0.2, -0.15) is 0 Å². The summed E-state index contributed by atoms with van der Waals surface area (Å²) in [6.45, 7) is 2.14. The third-order valence-corrected chi connectivity index (χ3v) is 3.98. The summed E-state index contributed by atoms with van der Waals surface area (Å²) in [7, 11) is 1.73.